The zero-order valence-electron chi connectivity index (χ0n) is 18.4. The van der Waals surface area contributed by atoms with E-state index in [-0.39, 0.29) is 42.1 Å². The van der Waals surface area contributed by atoms with E-state index in [1.807, 2.05) is 0 Å². The van der Waals surface area contributed by atoms with Gasteiger partial charge in [0.25, 0.3) is 0 Å². The summed E-state index contributed by atoms with van der Waals surface area (Å²) in [5.74, 6) is -0.0764. The van der Waals surface area contributed by atoms with Gasteiger partial charge in [-0.1, -0.05) is 30.2 Å². The van der Waals surface area contributed by atoms with Crippen LogP contribution in [0.1, 0.15) is 32.6 Å². The minimum absolute atomic E-state index is 0.00316. The SMILES string of the molecule is CCN1C(CNC(=O)C2NC(Cl)=C(N)NC2N)NC2CC=C(CCC(=O)NCCO)CC21. The molecule has 3 aliphatic rings. The summed E-state index contributed by atoms with van der Waals surface area (Å²) in [6, 6.07) is -0.104. The van der Waals surface area contributed by atoms with E-state index in [1.165, 1.54) is 5.57 Å². The van der Waals surface area contributed by atoms with Crippen molar-refractivity contribution in [3.8, 4) is 0 Å². The van der Waals surface area contributed by atoms with Crippen LogP contribution in [0, 0.1) is 0 Å². The highest BCUT2D eigenvalue weighted by atomic mass is 35.5. The second-order valence-electron chi connectivity index (χ2n) is 8.33. The number of carbonyl (C=O) groups excluding carboxylic acids is 2. The lowest BCUT2D eigenvalue weighted by Gasteiger charge is -2.33. The Morgan fingerprint density at radius 2 is 2.12 bits per heavy atom. The van der Waals surface area contributed by atoms with Gasteiger partial charge in [-0.25, -0.2) is 0 Å². The van der Waals surface area contributed by atoms with Crippen LogP contribution < -0.4 is 38.1 Å². The molecule has 12 heteroatoms. The standard InChI is InChI=1S/C20H35ClN8O3/c1-2-29-13-9-11(4-6-15(31)24-7-8-30)3-5-12(13)26-14(29)10-25-20(32)16-18(22)28-19(23)17(21)27-16/h3,12-14,16,18,26-28,30H,2,4-10,22-23H2,1H3,(H,24,31)(H,25,32). The van der Waals surface area contributed by atoms with Crippen molar-refractivity contribution in [3.63, 3.8) is 0 Å². The van der Waals surface area contributed by atoms with Gasteiger partial charge in [0.15, 0.2) is 0 Å². The molecule has 1 aliphatic carbocycles. The van der Waals surface area contributed by atoms with Gasteiger partial charge < -0.3 is 37.8 Å². The maximum Gasteiger partial charge on any atom is 0.246 e. The van der Waals surface area contributed by atoms with Crippen molar-refractivity contribution in [2.24, 2.45) is 11.5 Å². The van der Waals surface area contributed by atoms with Crippen molar-refractivity contribution in [3.05, 3.63) is 22.6 Å². The molecule has 0 spiro atoms. The Morgan fingerprint density at radius 1 is 1.34 bits per heavy atom. The molecule has 1 fully saturated rings. The summed E-state index contributed by atoms with van der Waals surface area (Å²) in [5.41, 5.74) is 12.9. The lowest BCUT2D eigenvalue weighted by Crippen LogP contribution is -2.64. The van der Waals surface area contributed by atoms with E-state index in [0.29, 0.717) is 25.0 Å². The third kappa shape index (κ3) is 5.84. The van der Waals surface area contributed by atoms with Gasteiger partial charge in [0.2, 0.25) is 11.8 Å². The maximum atomic E-state index is 12.7. The molecule has 0 aromatic carbocycles. The van der Waals surface area contributed by atoms with E-state index >= 15 is 0 Å². The third-order valence-corrected chi connectivity index (χ3v) is 6.57. The molecule has 5 atom stereocenters. The van der Waals surface area contributed by atoms with Crippen LogP contribution in [0.5, 0.6) is 0 Å². The first-order chi connectivity index (χ1) is 15.3. The first-order valence-corrected chi connectivity index (χ1v) is 11.5. The van der Waals surface area contributed by atoms with Gasteiger partial charge in [-0.3, -0.25) is 19.8 Å². The summed E-state index contributed by atoms with van der Waals surface area (Å²) >= 11 is 5.99. The molecule has 2 aliphatic heterocycles. The first-order valence-electron chi connectivity index (χ1n) is 11.1. The molecular weight excluding hydrogens is 436 g/mol. The Balaban J connectivity index is 1.50. The molecular formula is C20H35ClN8O3. The molecule has 0 bridgehead atoms. The Morgan fingerprint density at radius 3 is 2.84 bits per heavy atom. The number of hydrogen-bond acceptors (Lipinski definition) is 9. The number of halogens is 1. The Labute approximate surface area is 193 Å². The maximum absolute atomic E-state index is 12.7. The molecule has 1 saturated heterocycles. The molecule has 0 aromatic heterocycles. The van der Waals surface area contributed by atoms with Crippen LogP contribution in [0.3, 0.4) is 0 Å². The van der Waals surface area contributed by atoms with Gasteiger partial charge in [-0.05, 0) is 25.8 Å². The summed E-state index contributed by atoms with van der Waals surface area (Å²) in [7, 11) is 0. The fourth-order valence-corrected chi connectivity index (χ4v) is 4.78. The van der Waals surface area contributed by atoms with E-state index in [4.69, 9.17) is 28.2 Å². The minimum Gasteiger partial charge on any atom is -0.395 e. The van der Waals surface area contributed by atoms with Crippen LogP contribution in [0.15, 0.2) is 22.6 Å². The predicted molar refractivity (Wildman–Crippen MR) is 122 cm³/mol. The number of amides is 2. The summed E-state index contributed by atoms with van der Waals surface area (Å²) in [6.07, 6.45) is 4.46. The van der Waals surface area contributed by atoms with Crippen LogP contribution in [-0.4, -0.2) is 78.5 Å². The van der Waals surface area contributed by atoms with Gasteiger partial charge in [0.05, 0.1) is 12.8 Å². The predicted octanol–water partition coefficient (Wildman–Crippen LogP) is -2.13. The number of fused-ring (bicyclic) bond motifs is 1. The van der Waals surface area contributed by atoms with Crippen molar-refractivity contribution in [1.29, 1.82) is 0 Å². The molecule has 3 rings (SSSR count). The van der Waals surface area contributed by atoms with Crippen molar-refractivity contribution >= 4 is 23.4 Å². The molecule has 0 saturated carbocycles. The van der Waals surface area contributed by atoms with E-state index in [2.05, 4.69) is 44.5 Å². The molecule has 2 heterocycles. The summed E-state index contributed by atoms with van der Waals surface area (Å²) in [4.78, 5) is 26.9. The molecule has 0 aromatic rings. The quantitative estimate of drug-likeness (QED) is 0.138. The van der Waals surface area contributed by atoms with Crippen LogP contribution in [-0.2, 0) is 9.59 Å². The Kier molecular flexibility index (Phi) is 8.60. The van der Waals surface area contributed by atoms with Crippen LogP contribution >= 0.6 is 11.6 Å². The normalized spacial score (nSPS) is 30.1. The van der Waals surface area contributed by atoms with Crippen molar-refractivity contribution < 1.29 is 14.7 Å². The number of hydrogen-bond donors (Lipinski definition) is 8. The second-order valence-corrected chi connectivity index (χ2v) is 8.71. The zero-order chi connectivity index (χ0) is 23.3. The summed E-state index contributed by atoms with van der Waals surface area (Å²) in [6.45, 7) is 3.61. The number of carbonyl (C=O) groups is 2. The van der Waals surface area contributed by atoms with Gasteiger partial charge >= 0.3 is 0 Å². The number of nitrogens with two attached hydrogens (primary N) is 2. The van der Waals surface area contributed by atoms with Crippen molar-refractivity contribution in [2.45, 2.75) is 63.1 Å². The first kappa shape index (κ1) is 24.6. The Bertz CT molecular complexity index is 761. The third-order valence-electron chi connectivity index (χ3n) is 6.25. The highest BCUT2D eigenvalue weighted by Gasteiger charge is 2.41. The largest absolute Gasteiger partial charge is 0.395 e. The highest BCUT2D eigenvalue weighted by Crippen LogP contribution is 2.31. The molecule has 180 valence electrons. The molecule has 2 amide bonds. The van der Waals surface area contributed by atoms with E-state index < -0.39 is 12.2 Å². The number of aliphatic hydroxyl groups excluding tert-OH is 1. The van der Waals surface area contributed by atoms with Crippen LogP contribution in [0.4, 0.5) is 0 Å². The molecule has 10 N–H and O–H groups in total. The van der Waals surface area contributed by atoms with Crippen molar-refractivity contribution in [2.75, 3.05) is 26.2 Å². The number of nitrogens with one attached hydrogen (secondary N) is 5. The van der Waals surface area contributed by atoms with Crippen LogP contribution in [0.25, 0.3) is 0 Å². The monoisotopic (exact) mass is 470 g/mol. The lowest BCUT2D eigenvalue weighted by molar-refractivity contribution is -0.124. The number of aliphatic hydroxyl groups is 1. The van der Waals surface area contributed by atoms with Gasteiger partial charge in [0.1, 0.15) is 23.2 Å². The zero-order valence-corrected chi connectivity index (χ0v) is 19.1. The minimum atomic E-state index is -0.723. The van der Waals surface area contributed by atoms with Crippen molar-refractivity contribution in [1.82, 2.24) is 31.5 Å². The topological polar surface area (TPSA) is 170 Å². The fourth-order valence-electron chi connectivity index (χ4n) is 4.61. The molecule has 32 heavy (non-hydrogen) atoms. The van der Waals surface area contributed by atoms with Gasteiger partial charge in [-0.2, -0.15) is 0 Å². The molecule has 5 unspecified atom stereocenters. The molecule has 0 radical (unpaired) electrons. The van der Waals surface area contributed by atoms with Crippen LogP contribution in [0.2, 0.25) is 0 Å². The van der Waals surface area contributed by atoms with E-state index in [1.54, 1.807) is 0 Å². The lowest BCUT2D eigenvalue weighted by atomic mass is 9.88. The average molecular weight is 471 g/mol. The smallest absolute Gasteiger partial charge is 0.246 e. The number of nitrogens with zero attached hydrogens (tertiary/aromatic N) is 1. The summed E-state index contributed by atoms with van der Waals surface area (Å²) in [5, 5.41) is 23.9. The average Bonchev–Trinajstić information content (AvgIpc) is 3.13. The fraction of sp³-hybridized carbons (Fsp3) is 0.700. The number of likely N-dealkylation sites (N-methyl/N-ethyl adjacent to an activating group) is 1. The van der Waals surface area contributed by atoms with E-state index in [9.17, 15) is 9.59 Å². The van der Waals surface area contributed by atoms with Gasteiger partial charge in [-0.15, -0.1) is 0 Å². The number of rotatable bonds is 9. The molecule has 11 nitrogen and oxygen atoms in total. The second kappa shape index (κ2) is 11.2. The highest BCUT2D eigenvalue weighted by molar-refractivity contribution is 6.29. The van der Waals surface area contributed by atoms with E-state index in [0.717, 1.165) is 25.8 Å². The Hall–Kier alpha value is -2.05. The summed E-state index contributed by atoms with van der Waals surface area (Å²) < 4.78 is 0. The van der Waals surface area contributed by atoms with Gasteiger partial charge in [0, 0.05) is 31.6 Å².